The zero-order chi connectivity index (χ0) is 29.3. The van der Waals surface area contributed by atoms with E-state index in [1.807, 2.05) is 0 Å². The maximum atomic E-state index is 12.5. The van der Waals surface area contributed by atoms with Crippen LogP contribution in [0.5, 0.6) is 0 Å². The fraction of sp³-hybridized carbons (Fsp3) is 0.750. The van der Waals surface area contributed by atoms with Gasteiger partial charge in [-0.2, -0.15) is 8.42 Å². The first-order valence-electron chi connectivity index (χ1n) is 15.7. The molecule has 7 nitrogen and oxygen atoms in total. The highest BCUT2D eigenvalue weighted by atomic mass is 32.2. The first-order valence-corrected chi connectivity index (χ1v) is 17.3. The molecule has 0 atom stereocenters. The first-order chi connectivity index (χ1) is 19.3. The standard InChI is InChI=1S/C32H54O7S/c1-2-3-4-5-6-7-8-9-10-11-12-13-14-15-16-17-18-19-22-26-38-31(33)29-24-20-21-25-30(29)32(34)39-27-23-28-40(35,36)37/h20-21,24-25H,2-19,22-23,26-28H2,1H3,(H,35,36,37). The number of rotatable bonds is 26. The highest BCUT2D eigenvalue weighted by Crippen LogP contribution is 2.16. The Morgan fingerprint density at radius 3 is 1.25 bits per heavy atom. The predicted molar refractivity (Wildman–Crippen MR) is 161 cm³/mol. The van der Waals surface area contributed by atoms with Crippen LogP contribution in [0, 0.1) is 0 Å². The van der Waals surface area contributed by atoms with E-state index in [-0.39, 0.29) is 24.2 Å². The summed E-state index contributed by atoms with van der Waals surface area (Å²) in [5, 5.41) is 0. The molecule has 0 bridgehead atoms. The Kier molecular flexibility index (Phi) is 21.4. The van der Waals surface area contributed by atoms with Crippen LogP contribution in [-0.2, 0) is 19.6 Å². The minimum Gasteiger partial charge on any atom is -0.462 e. The third-order valence-corrected chi connectivity index (χ3v) is 7.93. The van der Waals surface area contributed by atoms with Crippen LogP contribution in [0.15, 0.2) is 24.3 Å². The second-order valence-electron chi connectivity index (χ2n) is 10.8. The first kappa shape index (κ1) is 36.1. The van der Waals surface area contributed by atoms with Gasteiger partial charge in [0.2, 0.25) is 0 Å². The van der Waals surface area contributed by atoms with E-state index < -0.39 is 27.8 Å². The molecule has 1 aromatic carbocycles. The van der Waals surface area contributed by atoms with E-state index >= 15 is 0 Å². The normalized spacial score (nSPS) is 11.4. The van der Waals surface area contributed by atoms with Crippen molar-refractivity contribution in [3.63, 3.8) is 0 Å². The van der Waals surface area contributed by atoms with Gasteiger partial charge in [-0.05, 0) is 25.0 Å². The lowest BCUT2D eigenvalue weighted by molar-refractivity contribution is 0.0454. The maximum Gasteiger partial charge on any atom is 0.339 e. The van der Waals surface area contributed by atoms with Gasteiger partial charge in [0.25, 0.3) is 10.1 Å². The van der Waals surface area contributed by atoms with Gasteiger partial charge in [-0.3, -0.25) is 4.55 Å². The van der Waals surface area contributed by atoms with E-state index in [2.05, 4.69) is 6.92 Å². The second kappa shape index (κ2) is 23.7. The van der Waals surface area contributed by atoms with Gasteiger partial charge in [-0.25, -0.2) is 9.59 Å². The summed E-state index contributed by atoms with van der Waals surface area (Å²) in [6.07, 6.45) is 24.7. The molecule has 0 saturated heterocycles. The van der Waals surface area contributed by atoms with Crippen LogP contribution in [0.1, 0.15) is 156 Å². The minimum atomic E-state index is -4.11. The lowest BCUT2D eigenvalue weighted by Gasteiger charge is -2.10. The number of benzene rings is 1. The zero-order valence-electron chi connectivity index (χ0n) is 24.9. The summed E-state index contributed by atoms with van der Waals surface area (Å²) in [6, 6.07) is 6.24. The molecule has 1 N–H and O–H groups in total. The van der Waals surface area contributed by atoms with E-state index in [4.69, 9.17) is 14.0 Å². The van der Waals surface area contributed by atoms with Crippen molar-refractivity contribution in [3.8, 4) is 0 Å². The molecule has 0 unspecified atom stereocenters. The van der Waals surface area contributed by atoms with Gasteiger partial charge >= 0.3 is 11.9 Å². The molecule has 230 valence electrons. The molecule has 0 aliphatic rings. The summed E-state index contributed by atoms with van der Waals surface area (Å²) in [4.78, 5) is 24.8. The largest absolute Gasteiger partial charge is 0.462 e. The van der Waals surface area contributed by atoms with Gasteiger partial charge < -0.3 is 9.47 Å². The maximum absolute atomic E-state index is 12.5. The second-order valence-corrected chi connectivity index (χ2v) is 12.4. The van der Waals surface area contributed by atoms with E-state index in [0.29, 0.717) is 6.61 Å². The molecule has 0 fully saturated rings. The summed E-state index contributed by atoms with van der Waals surface area (Å²) in [5.41, 5.74) is 0.201. The molecule has 1 aromatic rings. The van der Waals surface area contributed by atoms with E-state index in [0.717, 1.165) is 19.3 Å². The van der Waals surface area contributed by atoms with Gasteiger partial charge in [-0.15, -0.1) is 0 Å². The van der Waals surface area contributed by atoms with Gasteiger partial charge in [0, 0.05) is 0 Å². The van der Waals surface area contributed by atoms with Crippen LogP contribution in [-0.4, -0.2) is 43.9 Å². The third kappa shape index (κ3) is 20.0. The molecule has 1 rings (SSSR count). The number of carbonyl (C=O) groups excluding carboxylic acids is 2. The molecule has 0 aliphatic heterocycles. The molecule has 0 heterocycles. The number of hydrogen-bond donors (Lipinski definition) is 1. The Hall–Kier alpha value is -1.93. The average Bonchev–Trinajstić information content (AvgIpc) is 2.93. The Bertz CT molecular complexity index is 898. The number of unbranched alkanes of at least 4 members (excludes halogenated alkanes) is 18. The Morgan fingerprint density at radius 1 is 0.575 bits per heavy atom. The summed E-state index contributed by atoms with van der Waals surface area (Å²) in [5.74, 6) is -1.80. The molecular formula is C32H54O7S. The van der Waals surface area contributed by atoms with Crippen LogP contribution in [0.2, 0.25) is 0 Å². The SMILES string of the molecule is CCCCCCCCCCCCCCCCCCCCCOC(=O)c1ccccc1C(=O)OCCCS(=O)(=O)O. The molecule has 0 aromatic heterocycles. The molecule has 0 radical (unpaired) electrons. The molecule has 0 saturated carbocycles. The van der Waals surface area contributed by atoms with Crippen LogP contribution in [0.4, 0.5) is 0 Å². The molecule has 8 heteroatoms. The molecule has 0 spiro atoms. The molecule has 40 heavy (non-hydrogen) atoms. The van der Waals surface area contributed by atoms with E-state index in [9.17, 15) is 18.0 Å². The summed E-state index contributed by atoms with van der Waals surface area (Å²) < 4.78 is 40.7. The number of hydrogen-bond acceptors (Lipinski definition) is 6. The van der Waals surface area contributed by atoms with Crippen LogP contribution >= 0.6 is 0 Å². The van der Waals surface area contributed by atoms with Crippen molar-refractivity contribution < 1.29 is 32.0 Å². The summed E-state index contributed by atoms with van der Waals surface area (Å²) >= 11 is 0. The zero-order valence-corrected chi connectivity index (χ0v) is 25.7. The molecule has 0 amide bonds. The lowest BCUT2D eigenvalue weighted by Crippen LogP contribution is -2.16. The molecular weight excluding hydrogens is 528 g/mol. The van der Waals surface area contributed by atoms with Gasteiger partial charge in [-0.1, -0.05) is 135 Å². The average molecular weight is 583 g/mol. The lowest BCUT2D eigenvalue weighted by atomic mass is 10.0. The van der Waals surface area contributed by atoms with Crippen LogP contribution in [0.25, 0.3) is 0 Å². The van der Waals surface area contributed by atoms with E-state index in [1.54, 1.807) is 12.1 Å². The van der Waals surface area contributed by atoms with Crippen molar-refractivity contribution in [2.45, 2.75) is 135 Å². The van der Waals surface area contributed by atoms with Crippen molar-refractivity contribution in [1.29, 1.82) is 0 Å². The van der Waals surface area contributed by atoms with E-state index in [1.165, 1.54) is 115 Å². The fourth-order valence-corrected chi connectivity index (χ4v) is 5.23. The Labute approximate surface area is 243 Å². The monoisotopic (exact) mass is 582 g/mol. The van der Waals surface area contributed by atoms with Crippen LogP contribution in [0.3, 0.4) is 0 Å². The topological polar surface area (TPSA) is 107 Å². The Morgan fingerprint density at radius 2 is 0.900 bits per heavy atom. The predicted octanol–water partition coefficient (Wildman–Crippen LogP) is 8.71. The quantitative estimate of drug-likeness (QED) is 0.0661. The minimum absolute atomic E-state index is 0.0312. The summed E-state index contributed by atoms with van der Waals surface area (Å²) in [7, 11) is -4.11. The van der Waals surface area contributed by atoms with Crippen molar-refractivity contribution in [2.75, 3.05) is 19.0 Å². The number of esters is 2. The number of ether oxygens (including phenoxy) is 2. The van der Waals surface area contributed by atoms with Crippen molar-refractivity contribution >= 4 is 22.1 Å². The number of carbonyl (C=O) groups is 2. The highest BCUT2D eigenvalue weighted by molar-refractivity contribution is 7.85. The Balaban J connectivity index is 2.00. The fourth-order valence-electron chi connectivity index (χ4n) is 4.75. The van der Waals surface area contributed by atoms with Gasteiger partial charge in [0.05, 0.1) is 30.1 Å². The van der Waals surface area contributed by atoms with Crippen LogP contribution < -0.4 is 0 Å². The third-order valence-electron chi connectivity index (χ3n) is 7.13. The van der Waals surface area contributed by atoms with Gasteiger partial charge in [0.1, 0.15) is 0 Å². The van der Waals surface area contributed by atoms with Crippen molar-refractivity contribution in [3.05, 3.63) is 35.4 Å². The van der Waals surface area contributed by atoms with Crippen molar-refractivity contribution in [2.24, 2.45) is 0 Å². The summed E-state index contributed by atoms with van der Waals surface area (Å²) in [6.45, 7) is 2.39. The van der Waals surface area contributed by atoms with Gasteiger partial charge in [0.15, 0.2) is 0 Å². The molecule has 0 aliphatic carbocycles. The smallest absolute Gasteiger partial charge is 0.339 e. The van der Waals surface area contributed by atoms with Crippen molar-refractivity contribution in [1.82, 2.24) is 0 Å². The highest BCUT2D eigenvalue weighted by Gasteiger charge is 2.19.